The van der Waals surface area contributed by atoms with Crippen LogP contribution in [0.5, 0.6) is 11.5 Å². The Balaban J connectivity index is 1.42. The second kappa shape index (κ2) is 13.0. The number of methoxy groups -OCH3 is 2. The highest BCUT2D eigenvalue weighted by Crippen LogP contribution is 2.36. The number of fused-ring (bicyclic) bond motifs is 1. The van der Waals surface area contributed by atoms with Crippen molar-refractivity contribution in [2.75, 3.05) is 25.7 Å². The SMILES string of the molecule is COc1cc(F)c([C@@H]2CN(c3cccn(CC(O)C(F)(F)F)c3=O)C(=O)[C@H]2NC(=O)NC2CCc3cc(OC)ccc3C2)c(F)c1. The Bertz CT molecular complexity index is 1670. The number of hydrogen-bond acceptors (Lipinski definition) is 6. The minimum atomic E-state index is -5.01. The molecule has 15 heteroatoms. The summed E-state index contributed by atoms with van der Waals surface area (Å²) in [5.41, 5.74) is 0.0607. The third kappa shape index (κ3) is 6.64. The van der Waals surface area contributed by atoms with Gasteiger partial charge >= 0.3 is 12.2 Å². The number of aliphatic hydroxyl groups excluding tert-OH is 1. The van der Waals surface area contributed by atoms with Crippen molar-refractivity contribution in [3.05, 3.63) is 87.3 Å². The Morgan fingerprint density at radius 3 is 2.37 bits per heavy atom. The van der Waals surface area contributed by atoms with Crippen molar-refractivity contribution in [1.29, 1.82) is 0 Å². The molecule has 1 saturated heterocycles. The fraction of sp³-hybridized carbons (Fsp3) is 0.387. The number of urea groups is 1. The smallest absolute Gasteiger partial charge is 0.416 e. The summed E-state index contributed by atoms with van der Waals surface area (Å²) in [5, 5.41) is 14.8. The van der Waals surface area contributed by atoms with Crippen LogP contribution in [0.1, 0.15) is 29.0 Å². The lowest BCUT2D eigenvalue weighted by atomic mass is 9.88. The van der Waals surface area contributed by atoms with Crippen LogP contribution in [0, 0.1) is 11.6 Å². The van der Waals surface area contributed by atoms with Crippen LogP contribution in [0.4, 0.5) is 32.4 Å². The van der Waals surface area contributed by atoms with Crippen LogP contribution in [-0.2, 0) is 24.2 Å². The minimum absolute atomic E-state index is 0.133. The van der Waals surface area contributed by atoms with E-state index in [1.54, 1.807) is 13.2 Å². The molecule has 46 heavy (non-hydrogen) atoms. The molecule has 1 fully saturated rings. The Hall–Kier alpha value is -4.66. The maximum Gasteiger partial charge on any atom is 0.416 e. The molecule has 0 saturated carbocycles. The highest BCUT2D eigenvalue weighted by atomic mass is 19.4. The highest BCUT2D eigenvalue weighted by molar-refractivity contribution is 6.02. The first-order valence-electron chi connectivity index (χ1n) is 14.3. The van der Waals surface area contributed by atoms with Gasteiger partial charge in [0.2, 0.25) is 0 Å². The summed E-state index contributed by atoms with van der Waals surface area (Å²) in [7, 11) is 2.77. The highest BCUT2D eigenvalue weighted by Gasteiger charge is 2.46. The monoisotopic (exact) mass is 650 g/mol. The zero-order chi connectivity index (χ0) is 33.3. The van der Waals surface area contributed by atoms with E-state index in [2.05, 4.69) is 10.6 Å². The van der Waals surface area contributed by atoms with Gasteiger partial charge < -0.3 is 34.7 Å². The largest absolute Gasteiger partial charge is 0.497 e. The van der Waals surface area contributed by atoms with Crippen LogP contribution in [-0.4, -0.2) is 66.7 Å². The Kier molecular flexibility index (Phi) is 9.24. The zero-order valence-corrected chi connectivity index (χ0v) is 24.7. The van der Waals surface area contributed by atoms with Crippen molar-refractivity contribution >= 4 is 17.6 Å². The van der Waals surface area contributed by atoms with Gasteiger partial charge in [0.05, 0.1) is 20.8 Å². The van der Waals surface area contributed by atoms with Gasteiger partial charge in [-0.15, -0.1) is 0 Å². The van der Waals surface area contributed by atoms with Gasteiger partial charge in [-0.25, -0.2) is 13.6 Å². The number of carbonyl (C=O) groups excluding carboxylic acids is 2. The van der Waals surface area contributed by atoms with Crippen molar-refractivity contribution in [1.82, 2.24) is 15.2 Å². The molecule has 2 unspecified atom stereocenters. The van der Waals surface area contributed by atoms with Gasteiger partial charge in [0.1, 0.15) is 34.9 Å². The van der Waals surface area contributed by atoms with Crippen molar-refractivity contribution in [3.8, 4) is 11.5 Å². The molecule has 1 aromatic heterocycles. The maximum atomic E-state index is 15.3. The van der Waals surface area contributed by atoms with Gasteiger partial charge in [0.25, 0.3) is 11.5 Å². The summed E-state index contributed by atoms with van der Waals surface area (Å²) < 4.78 is 80.3. The molecule has 3 N–H and O–H groups in total. The standard InChI is InChI=1S/C31H31F5N4O6/c1-45-19-8-6-16-10-18(7-5-17(16)11-19)37-30(44)38-27-21(26-22(32)12-20(46-2)13-23(26)33)14-40(29(27)43)24-4-3-9-39(28(24)42)15-25(41)31(34,35)36/h3-4,6,8-9,11-13,18,21,25,27,41H,5,7,10,14-15H2,1-2H3,(H2,37,38,44)/t18?,21-,25?,27-/m0/s1. The number of pyridine rings is 1. The number of benzene rings is 2. The molecule has 2 aliphatic rings. The molecule has 5 rings (SSSR count). The summed E-state index contributed by atoms with van der Waals surface area (Å²) in [6.07, 6.45) is -5.18. The van der Waals surface area contributed by atoms with Crippen molar-refractivity contribution in [2.45, 2.75) is 56.1 Å². The van der Waals surface area contributed by atoms with E-state index in [0.717, 1.165) is 40.4 Å². The van der Waals surface area contributed by atoms with Gasteiger partial charge in [0, 0.05) is 42.4 Å². The number of anilines is 1. The second-order valence-electron chi connectivity index (χ2n) is 11.1. The molecular formula is C31H31F5N4O6. The lowest BCUT2D eigenvalue weighted by Crippen LogP contribution is -2.51. The fourth-order valence-corrected chi connectivity index (χ4v) is 5.92. The van der Waals surface area contributed by atoms with E-state index in [1.807, 2.05) is 12.1 Å². The molecule has 0 spiro atoms. The van der Waals surface area contributed by atoms with E-state index >= 15 is 8.78 Å². The predicted octanol–water partition coefficient (Wildman–Crippen LogP) is 3.42. The first kappa shape index (κ1) is 32.7. The third-order valence-corrected chi connectivity index (χ3v) is 8.27. The number of aryl methyl sites for hydroxylation is 1. The second-order valence-corrected chi connectivity index (χ2v) is 11.1. The van der Waals surface area contributed by atoms with E-state index in [1.165, 1.54) is 13.2 Å². The van der Waals surface area contributed by atoms with Gasteiger partial charge in [-0.2, -0.15) is 13.2 Å². The Morgan fingerprint density at radius 2 is 1.72 bits per heavy atom. The topological polar surface area (TPSA) is 122 Å². The van der Waals surface area contributed by atoms with Crippen molar-refractivity contribution in [3.63, 3.8) is 0 Å². The number of rotatable bonds is 8. The average molecular weight is 651 g/mol. The summed E-state index contributed by atoms with van der Waals surface area (Å²) in [4.78, 5) is 41.0. The normalized spacial score (nSPS) is 20.2. The number of nitrogens with zero attached hydrogens (tertiary/aromatic N) is 2. The Morgan fingerprint density at radius 1 is 1.02 bits per heavy atom. The summed E-state index contributed by atoms with van der Waals surface area (Å²) in [6, 6.07) is 7.10. The molecule has 0 bridgehead atoms. The third-order valence-electron chi connectivity index (χ3n) is 8.27. The number of carbonyl (C=O) groups is 2. The van der Waals surface area contributed by atoms with E-state index in [-0.39, 0.29) is 11.8 Å². The summed E-state index contributed by atoms with van der Waals surface area (Å²) >= 11 is 0. The summed E-state index contributed by atoms with van der Waals surface area (Å²) in [5.74, 6) is -3.83. The predicted molar refractivity (Wildman–Crippen MR) is 155 cm³/mol. The van der Waals surface area contributed by atoms with Gasteiger partial charge in [-0.1, -0.05) is 6.07 Å². The summed E-state index contributed by atoms with van der Waals surface area (Å²) in [6.45, 7) is -1.64. The Labute approximate surface area is 259 Å². The lowest BCUT2D eigenvalue weighted by Gasteiger charge is -2.27. The number of aromatic nitrogens is 1. The van der Waals surface area contributed by atoms with E-state index in [0.29, 0.717) is 29.6 Å². The maximum absolute atomic E-state index is 15.3. The molecule has 4 atom stereocenters. The van der Waals surface area contributed by atoms with Gasteiger partial charge in [-0.3, -0.25) is 9.59 Å². The van der Waals surface area contributed by atoms with E-state index in [4.69, 9.17) is 9.47 Å². The number of ether oxygens (including phenoxy) is 2. The lowest BCUT2D eigenvalue weighted by molar-refractivity contribution is -0.207. The number of alkyl halides is 3. The molecule has 2 heterocycles. The molecule has 2 aromatic carbocycles. The van der Waals surface area contributed by atoms with Crippen molar-refractivity contribution in [2.24, 2.45) is 0 Å². The molecule has 1 aliphatic carbocycles. The number of hydrogen-bond donors (Lipinski definition) is 3. The van der Waals surface area contributed by atoms with Gasteiger partial charge in [0.15, 0.2) is 6.10 Å². The quantitative estimate of drug-likeness (QED) is 0.322. The number of amides is 3. The fourth-order valence-electron chi connectivity index (χ4n) is 5.92. The number of aliphatic hydroxyl groups is 1. The number of halogens is 5. The van der Waals surface area contributed by atoms with Crippen LogP contribution in [0.2, 0.25) is 0 Å². The molecule has 0 radical (unpaired) electrons. The average Bonchev–Trinajstić information content (AvgIpc) is 3.31. The van der Waals surface area contributed by atoms with Crippen LogP contribution >= 0.6 is 0 Å². The minimum Gasteiger partial charge on any atom is -0.497 e. The molecule has 246 valence electrons. The molecule has 10 nitrogen and oxygen atoms in total. The molecule has 3 aromatic rings. The van der Waals surface area contributed by atoms with Crippen molar-refractivity contribution < 1.29 is 46.1 Å². The van der Waals surface area contributed by atoms with Crippen LogP contribution in [0.15, 0.2) is 53.5 Å². The van der Waals surface area contributed by atoms with Crippen LogP contribution in [0.25, 0.3) is 0 Å². The zero-order valence-electron chi connectivity index (χ0n) is 24.7. The first-order chi connectivity index (χ1) is 21.8. The van der Waals surface area contributed by atoms with Crippen LogP contribution in [0.3, 0.4) is 0 Å². The van der Waals surface area contributed by atoms with E-state index < -0.39 is 77.7 Å². The molecule has 3 amide bonds. The van der Waals surface area contributed by atoms with Crippen LogP contribution < -0.4 is 30.6 Å². The number of nitrogens with one attached hydrogen (secondary N) is 2. The molecule has 1 aliphatic heterocycles. The first-order valence-corrected chi connectivity index (χ1v) is 14.3. The van der Waals surface area contributed by atoms with Gasteiger partial charge in [-0.05, 0) is 54.7 Å². The molecular weight excluding hydrogens is 619 g/mol. The van der Waals surface area contributed by atoms with E-state index in [9.17, 15) is 32.7 Å².